The zero-order valence-corrected chi connectivity index (χ0v) is 8.06. The Hall–Kier alpha value is -0.420. The first kappa shape index (κ1) is 11.6. The number of rotatable bonds is 5. The van der Waals surface area contributed by atoms with Gasteiger partial charge in [-0.2, -0.15) is 0 Å². The average molecular weight is 193 g/mol. The van der Waals surface area contributed by atoms with Crippen LogP contribution in [-0.2, 0) is 20.6 Å². The summed E-state index contributed by atoms with van der Waals surface area (Å²) in [5.74, 6) is -1.21. The Morgan fingerprint density at radius 2 is 2.00 bits per heavy atom. The topological polar surface area (TPSA) is 66.4 Å². The predicted octanol–water partition coefficient (Wildman–Crippen LogP) is 0.597. The number of hydrogen-bond acceptors (Lipinski definition) is 4. The lowest BCUT2D eigenvalue weighted by molar-refractivity contribution is -0.146. The lowest BCUT2D eigenvalue weighted by atomic mass is 10.2. The first-order valence-electron chi connectivity index (χ1n) is 3.85. The molecule has 0 aliphatic rings. The summed E-state index contributed by atoms with van der Waals surface area (Å²) in [6.07, 6.45) is 1.28. The summed E-state index contributed by atoms with van der Waals surface area (Å²) >= 11 is -2.34. The second-order valence-corrected chi connectivity index (χ2v) is 3.27. The van der Waals surface area contributed by atoms with E-state index >= 15 is 0 Å². The molecule has 0 amide bonds. The molecular formula is C7H13O4S-. The predicted molar refractivity (Wildman–Crippen MR) is 44.2 cm³/mol. The quantitative estimate of drug-likeness (QED) is 0.473. The molecule has 0 fully saturated rings. The van der Waals surface area contributed by atoms with Crippen LogP contribution in [0.1, 0.15) is 26.7 Å². The molecule has 0 aromatic carbocycles. The highest BCUT2D eigenvalue weighted by molar-refractivity contribution is 7.79. The third-order valence-corrected chi connectivity index (χ3v) is 1.92. The Balaban J connectivity index is 3.74. The van der Waals surface area contributed by atoms with Gasteiger partial charge in [-0.05, 0) is 23.9 Å². The van der Waals surface area contributed by atoms with E-state index < -0.39 is 22.8 Å². The van der Waals surface area contributed by atoms with Crippen LogP contribution in [0.3, 0.4) is 0 Å². The van der Waals surface area contributed by atoms with Gasteiger partial charge in [-0.1, -0.05) is 13.8 Å². The van der Waals surface area contributed by atoms with Gasteiger partial charge in [0.15, 0.2) is 0 Å². The van der Waals surface area contributed by atoms with Crippen LogP contribution < -0.4 is 0 Å². The Kier molecular flexibility index (Phi) is 5.92. The molecule has 0 aliphatic carbocycles. The van der Waals surface area contributed by atoms with Gasteiger partial charge >= 0.3 is 5.97 Å². The van der Waals surface area contributed by atoms with Gasteiger partial charge in [-0.15, -0.1) is 0 Å². The van der Waals surface area contributed by atoms with Crippen molar-refractivity contribution in [3.05, 3.63) is 0 Å². The lowest BCUT2D eigenvalue weighted by Gasteiger charge is -2.14. The average Bonchev–Trinajstić information content (AvgIpc) is 1.98. The van der Waals surface area contributed by atoms with Gasteiger partial charge < -0.3 is 9.29 Å². The van der Waals surface area contributed by atoms with Gasteiger partial charge in [0, 0.05) is 0 Å². The molecule has 0 spiro atoms. The van der Waals surface area contributed by atoms with E-state index in [1.807, 2.05) is 13.8 Å². The van der Waals surface area contributed by atoms with Gasteiger partial charge in [0.2, 0.25) is 0 Å². The summed E-state index contributed by atoms with van der Waals surface area (Å²) in [6, 6.07) is 0. The van der Waals surface area contributed by atoms with E-state index in [-0.39, 0.29) is 6.10 Å². The summed E-state index contributed by atoms with van der Waals surface area (Å²) in [5.41, 5.74) is 0. The molecular weight excluding hydrogens is 180 g/mol. The minimum atomic E-state index is -2.34. The van der Waals surface area contributed by atoms with Gasteiger partial charge in [0.25, 0.3) is 0 Å². The zero-order valence-electron chi connectivity index (χ0n) is 7.24. The molecule has 0 saturated carbocycles. The molecule has 1 unspecified atom stereocenters. The van der Waals surface area contributed by atoms with Crippen LogP contribution in [0.15, 0.2) is 0 Å². The fourth-order valence-corrected chi connectivity index (χ4v) is 1.03. The maximum atomic E-state index is 10.8. The van der Waals surface area contributed by atoms with E-state index in [0.717, 1.165) is 0 Å². The monoisotopic (exact) mass is 193 g/mol. The Morgan fingerprint density at radius 1 is 1.50 bits per heavy atom. The van der Waals surface area contributed by atoms with Crippen LogP contribution in [0.4, 0.5) is 0 Å². The summed E-state index contributed by atoms with van der Waals surface area (Å²) < 4.78 is 25.0. The molecule has 12 heavy (non-hydrogen) atoms. The lowest BCUT2D eigenvalue weighted by Crippen LogP contribution is -2.21. The highest BCUT2D eigenvalue weighted by Crippen LogP contribution is 2.02. The molecule has 0 aliphatic heterocycles. The van der Waals surface area contributed by atoms with Crippen molar-refractivity contribution in [3.63, 3.8) is 0 Å². The van der Waals surface area contributed by atoms with Crippen molar-refractivity contribution in [2.24, 2.45) is 0 Å². The Labute approximate surface area is 74.6 Å². The van der Waals surface area contributed by atoms with Crippen molar-refractivity contribution >= 4 is 17.0 Å². The van der Waals surface area contributed by atoms with Gasteiger partial charge in [-0.25, -0.2) is 0 Å². The van der Waals surface area contributed by atoms with Crippen LogP contribution in [0, 0.1) is 0 Å². The summed E-state index contributed by atoms with van der Waals surface area (Å²) in [4.78, 5) is 10.8. The maximum absolute atomic E-state index is 10.8. The molecule has 0 aromatic rings. The fourth-order valence-electron chi connectivity index (χ4n) is 0.771. The maximum Gasteiger partial charge on any atom is 0.317 e. The second kappa shape index (κ2) is 6.14. The third-order valence-electron chi connectivity index (χ3n) is 1.44. The number of esters is 1. The fraction of sp³-hybridized carbons (Fsp3) is 0.857. The standard InChI is InChI=1S/C7H14O4S/c1-3-6(4-2)11-7(8)5-12(9)10/h6H,3-5H2,1-2H3,(H,9,10)/p-1. The van der Waals surface area contributed by atoms with Gasteiger partial charge in [0.1, 0.15) is 11.9 Å². The van der Waals surface area contributed by atoms with E-state index in [1.54, 1.807) is 0 Å². The molecule has 0 rings (SSSR count). The first-order valence-corrected chi connectivity index (χ1v) is 5.09. The summed E-state index contributed by atoms with van der Waals surface area (Å²) in [5, 5.41) is 0. The van der Waals surface area contributed by atoms with Crippen molar-refractivity contribution in [2.45, 2.75) is 32.8 Å². The van der Waals surface area contributed by atoms with Crippen molar-refractivity contribution in [1.29, 1.82) is 0 Å². The summed E-state index contributed by atoms with van der Waals surface area (Å²) in [6.45, 7) is 3.77. The third kappa shape index (κ3) is 5.26. The number of ether oxygens (including phenoxy) is 1. The number of carbonyl (C=O) groups is 1. The van der Waals surface area contributed by atoms with Crippen molar-refractivity contribution in [3.8, 4) is 0 Å². The van der Waals surface area contributed by atoms with Crippen molar-refractivity contribution in [2.75, 3.05) is 5.75 Å². The Bertz CT molecular complexity index is 165. The van der Waals surface area contributed by atoms with Crippen LogP contribution >= 0.6 is 0 Å². The van der Waals surface area contributed by atoms with Gasteiger partial charge in [0.05, 0.1) is 0 Å². The molecule has 0 heterocycles. The largest absolute Gasteiger partial charge is 0.772 e. The van der Waals surface area contributed by atoms with Crippen molar-refractivity contribution in [1.82, 2.24) is 0 Å². The summed E-state index contributed by atoms with van der Waals surface area (Å²) in [7, 11) is 0. The normalized spacial score (nSPS) is 13.0. The molecule has 0 bridgehead atoms. The molecule has 72 valence electrons. The van der Waals surface area contributed by atoms with Crippen molar-refractivity contribution < 1.29 is 18.3 Å². The molecule has 0 aromatic heterocycles. The minimum absolute atomic E-state index is 0.152. The molecule has 5 heteroatoms. The zero-order chi connectivity index (χ0) is 9.56. The molecule has 1 atom stereocenters. The number of carbonyl (C=O) groups excluding carboxylic acids is 1. The second-order valence-electron chi connectivity index (χ2n) is 2.38. The van der Waals surface area contributed by atoms with E-state index in [1.165, 1.54) is 0 Å². The van der Waals surface area contributed by atoms with Crippen LogP contribution in [0.2, 0.25) is 0 Å². The van der Waals surface area contributed by atoms with Crippen LogP contribution in [0.25, 0.3) is 0 Å². The minimum Gasteiger partial charge on any atom is -0.772 e. The van der Waals surface area contributed by atoms with Crippen LogP contribution in [-0.4, -0.2) is 26.6 Å². The van der Waals surface area contributed by atoms with Crippen LogP contribution in [0.5, 0.6) is 0 Å². The SMILES string of the molecule is CCC(CC)OC(=O)CS(=O)[O-]. The highest BCUT2D eigenvalue weighted by atomic mass is 32.2. The van der Waals surface area contributed by atoms with Gasteiger partial charge in [-0.3, -0.25) is 9.00 Å². The van der Waals surface area contributed by atoms with E-state index in [9.17, 15) is 13.6 Å². The van der Waals surface area contributed by atoms with E-state index in [2.05, 4.69) is 0 Å². The highest BCUT2D eigenvalue weighted by Gasteiger charge is 2.09. The number of hydrogen-bond donors (Lipinski definition) is 0. The van der Waals surface area contributed by atoms with E-state index in [4.69, 9.17) is 4.74 Å². The molecule has 0 radical (unpaired) electrons. The smallest absolute Gasteiger partial charge is 0.317 e. The first-order chi connectivity index (χ1) is 5.60. The molecule has 0 saturated heterocycles. The molecule has 4 nitrogen and oxygen atoms in total. The van der Waals surface area contributed by atoms with E-state index in [0.29, 0.717) is 12.8 Å². The Morgan fingerprint density at radius 3 is 2.33 bits per heavy atom. The molecule has 0 N–H and O–H groups in total.